The van der Waals surface area contributed by atoms with E-state index in [9.17, 15) is 22.8 Å². The number of benzene rings is 1. The van der Waals surface area contributed by atoms with Crippen LogP contribution in [0.5, 0.6) is 0 Å². The first kappa shape index (κ1) is 18.7. The zero-order chi connectivity index (χ0) is 19.6. The average Bonchev–Trinajstić information content (AvgIpc) is 3.02. The molecule has 0 radical (unpaired) electrons. The Hall–Kier alpha value is -3.10. The minimum atomic E-state index is -4.63. The second-order valence-electron chi connectivity index (χ2n) is 5.92. The maximum absolute atomic E-state index is 13.0. The van der Waals surface area contributed by atoms with Crippen LogP contribution in [-0.2, 0) is 6.18 Å². The van der Waals surface area contributed by atoms with Crippen molar-refractivity contribution in [1.29, 1.82) is 0 Å². The molecule has 6 nitrogen and oxygen atoms in total. The molecule has 9 heteroatoms. The van der Waals surface area contributed by atoms with Crippen LogP contribution in [0.2, 0.25) is 0 Å². The van der Waals surface area contributed by atoms with Crippen LogP contribution in [0.4, 0.5) is 29.5 Å². The van der Waals surface area contributed by atoms with Crippen molar-refractivity contribution in [3.63, 3.8) is 0 Å². The number of alkyl halides is 3. The summed E-state index contributed by atoms with van der Waals surface area (Å²) in [4.78, 5) is 31.7. The van der Waals surface area contributed by atoms with E-state index < -0.39 is 23.2 Å². The van der Waals surface area contributed by atoms with Crippen molar-refractivity contribution < 1.29 is 22.8 Å². The number of pyridine rings is 1. The molecule has 1 saturated heterocycles. The van der Waals surface area contributed by atoms with Gasteiger partial charge in [-0.3, -0.25) is 9.69 Å². The van der Waals surface area contributed by atoms with Gasteiger partial charge < -0.3 is 10.2 Å². The molecule has 1 aromatic heterocycles. The lowest BCUT2D eigenvalue weighted by molar-refractivity contribution is -0.137. The number of carbonyl (C=O) groups excluding carboxylic acids is 2. The van der Waals surface area contributed by atoms with Crippen LogP contribution in [-0.4, -0.2) is 41.5 Å². The predicted octanol–water partition coefficient (Wildman–Crippen LogP) is 3.61. The molecule has 1 fully saturated rings. The quantitative estimate of drug-likeness (QED) is 0.884. The van der Waals surface area contributed by atoms with Gasteiger partial charge in [0.25, 0.3) is 5.91 Å². The summed E-state index contributed by atoms with van der Waals surface area (Å²) in [6.45, 7) is 3.59. The third-order valence-electron chi connectivity index (χ3n) is 4.24. The molecule has 3 amide bonds. The number of carbonyl (C=O) groups is 2. The number of amides is 3. The topological polar surface area (TPSA) is 65.5 Å². The zero-order valence-electron chi connectivity index (χ0n) is 14.5. The number of nitrogens with zero attached hydrogens (tertiary/aromatic N) is 3. The highest BCUT2D eigenvalue weighted by Gasteiger charge is 2.35. The Morgan fingerprint density at radius 1 is 1.19 bits per heavy atom. The third-order valence-corrected chi connectivity index (χ3v) is 4.24. The smallest absolute Gasteiger partial charge is 0.323 e. The van der Waals surface area contributed by atoms with Gasteiger partial charge in [-0.25, -0.2) is 9.78 Å². The average molecular weight is 378 g/mol. The number of hydrogen-bond acceptors (Lipinski definition) is 3. The van der Waals surface area contributed by atoms with Crippen LogP contribution >= 0.6 is 0 Å². The summed E-state index contributed by atoms with van der Waals surface area (Å²) in [5, 5.41) is 2.40. The summed E-state index contributed by atoms with van der Waals surface area (Å²) < 4.78 is 39.1. The molecule has 27 heavy (non-hydrogen) atoms. The highest BCUT2D eigenvalue weighted by molar-refractivity contribution is 6.05. The van der Waals surface area contributed by atoms with Crippen LogP contribution < -0.4 is 10.2 Å². The molecule has 2 aromatic rings. The molecule has 3 rings (SSSR count). The normalized spacial score (nSPS) is 14.6. The molecule has 1 aliphatic heterocycles. The molecule has 142 valence electrons. The van der Waals surface area contributed by atoms with Crippen molar-refractivity contribution in [2.75, 3.05) is 29.9 Å². The van der Waals surface area contributed by atoms with Gasteiger partial charge in [0.1, 0.15) is 5.82 Å². The molecule has 0 aliphatic carbocycles. The van der Waals surface area contributed by atoms with E-state index in [1.165, 1.54) is 29.3 Å². The van der Waals surface area contributed by atoms with Gasteiger partial charge in [0, 0.05) is 19.6 Å². The number of rotatable bonds is 4. The fraction of sp³-hybridized carbons (Fsp3) is 0.278. The molecule has 0 saturated carbocycles. The maximum Gasteiger partial charge on any atom is 0.417 e. The summed E-state index contributed by atoms with van der Waals surface area (Å²) >= 11 is 0. The standard InChI is InChI=1S/C18H17F3N4O2/c1-2-24-9-10-25(17(24)27)15-8-7-12(11-22-15)23-16(26)13-5-3-4-6-14(13)18(19,20)21/h3-8,11H,2,9-10H2,1H3,(H,23,26). The fourth-order valence-electron chi connectivity index (χ4n) is 2.84. The summed E-state index contributed by atoms with van der Waals surface area (Å²) in [7, 11) is 0. The number of nitrogens with one attached hydrogen (secondary N) is 1. The Morgan fingerprint density at radius 2 is 1.93 bits per heavy atom. The molecule has 1 aromatic carbocycles. The maximum atomic E-state index is 13.0. The highest BCUT2D eigenvalue weighted by atomic mass is 19.4. The van der Waals surface area contributed by atoms with Crippen molar-refractivity contribution in [3.8, 4) is 0 Å². The summed E-state index contributed by atoms with van der Waals surface area (Å²) in [5.74, 6) is -0.462. The summed E-state index contributed by atoms with van der Waals surface area (Å²) in [5.41, 5.74) is -1.24. The molecular formula is C18H17F3N4O2. The molecule has 0 atom stereocenters. The van der Waals surface area contributed by atoms with Crippen molar-refractivity contribution in [1.82, 2.24) is 9.88 Å². The zero-order valence-corrected chi connectivity index (χ0v) is 14.5. The lowest BCUT2D eigenvalue weighted by Gasteiger charge is -2.17. The summed E-state index contributed by atoms with van der Waals surface area (Å²) in [6.07, 6.45) is -3.32. The Kier molecular flexibility index (Phi) is 5.02. The van der Waals surface area contributed by atoms with Crippen LogP contribution in [0.15, 0.2) is 42.6 Å². The number of halogens is 3. The van der Waals surface area contributed by atoms with E-state index >= 15 is 0 Å². The second-order valence-corrected chi connectivity index (χ2v) is 5.92. The fourth-order valence-corrected chi connectivity index (χ4v) is 2.84. The Bertz CT molecular complexity index is 852. The van der Waals surface area contributed by atoms with Gasteiger partial charge in [-0.2, -0.15) is 13.2 Å². The highest BCUT2D eigenvalue weighted by Crippen LogP contribution is 2.32. The molecule has 1 aliphatic rings. The van der Waals surface area contributed by atoms with Crippen LogP contribution in [0.3, 0.4) is 0 Å². The minimum Gasteiger partial charge on any atom is -0.323 e. The van der Waals surface area contributed by atoms with Gasteiger partial charge in [-0.1, -0.05) is 12.1 Å². The SMILES string of the molecule is CCN1CCN(c2ccc(NC(=O)c3ccccc3C(F)(F)F)cn2)C1=O. The van der Waals surface area contributed by atoms with Gasteiger partial charge in [0.15, 0.2) is 0 Å². The van der Waals surface area contributed by atoms with E-state index in [1.807, 2.05) is 6.92 Å². The van der Waals surface area contributed by atoms with Crippen LogP contribution in [0, 0.1) is 0 Å². The number of likely N-dealkylation sites (N-methyl/N-ethyl adjacent to an activating group) is 1. The number of aromatic nitrogens is 1. The van der Waals surface area contributed by atoms with E-state index in [2.05, 4.69) is 10.3 Å². The van der Waals surface area contributed by atoms with Gasteiger partial charge in [0.2, 0.25) is 0 Å². The van der Waals surface area contributed by atoms with E-state index in [-0.39, 0.29) is 11.7 Å². The van der Waals surface area contributed by atoms with Gasteiger partial charge in [0.05, 0.1) is 23.0 Å². The molecule has 0 unspecified atom stereocenters. The Morgan fingerprint density at radius 3 is 2.52 bits per heavy atom. The number of anilines is 2. The van der Waals surface area contributed by atoms with Crippen LogP contribution in [0.25, 0.3) is 0 Å². The molecule has 0 bridgehead atoms. The van der Waals surface area contributed by atoms with Crippen molar-refractivity contribution in [2.45, 2.75) is 13.1 Å². The van der Waals surface area contributed by atoms with Crippen molar-refractivity contribution in [3.05, 3.63) is 53.7 Å². The first-order chi connectivity index (χ1) is 12.8. The summed E-state index contributed by atoms with van der Waals surface area (Å²) in [6, 6.07) is 7.45. The van der Waals surface area contributed by atoms with Crippen LogP contribution in [0.1, 0.15) is 22.8 Å². The molecule has 2 heterocycles. The second kappa shape index (κ2) is 7.26. The minimum absolute atomic E-state index is 0.152. The van der Waals surface area contributed by atoms with Gasteiger partial charge in [-0.05, 0) is 31.2 Å². The largest absolute Gasteiger partial charge is 0.417 e. The predicted molar refractivity (Wildman–Crippen MR) is 93.6 cm³/mol. The van der Waals surface area contributed by atoms with Gasteiger partial charge >= 0.3 is 12.2 Å². The lowest BCUT2D eigenvalue weighted by Crippen LogP contribution is -2.32. The number of urea groups is 1. The monoisotopic (exact) mass is 378 g/mol. The van der Waals surface area contributed by atoms with E-state index in [1.54, 1.807) is 11.0 Å². The third kappa shape index (κ3) is 3.86. The van der Waals surface area contributed by atoms with E-state index in [0.29, 0.717) is 25.5 Å². The van der Waals surface area contributed by atoms with Crippen molar-refractivity contribution in [2.24, 2.45) is 0 Å². The molecular weight excluding hydrogens is 361 g/mol. The first-order valence-electron chi connectivity index (χ1n) is 8.31. The molecule has 1 N–H and O–H groups in total. The lowest BCUT2D eigenvalue weighted by atomic mass is 10.1. The number of hydrogen-bond donors (Lipinski definition) is 1. The first-order valence-corrected chi connectivity index (χ1v) is 8.31. The Labute approximate surface area is 153 Å². The molecule has 0 spiro atoms. The Balaban J connectivity index is 1.74. The van der Waals surface area contributed by atoms with Gasteiger partial charge in [-0.15, -0.1) is 0 Å². The van der Waals surface area contributed by atoms with Crippen molar-refractivity contribution >= 4 is 23.4 Å². The van der Waals surface area contributed by atoms with E-state index in [4.69, 9.17) is 0 Å². The van der Waals surface area contributed by atoms with E-state index in [0.717, 1.165) is 12.1 Å².